The van der Waals surface area contributed by atoms with Crippen molar-refractivity contribution in [1.29, 1.82) is 0 Å². The van der Waals surface area contributed by atoms with Gasteiger partial charge in [-0.1, -0.05) is 12.8 Å². The van der Waals surface area contributed by atoms with E-state index in [0.717, 1.165) is 44.3 Å². The van der Waals surface area contributed by atoms with Crippen molar-refractivity contribution in [2.75, 3.05) is 12.3 Å². The van der Waals surface area contributed by atoms with Crippen molar-refractivity contribution >= 4 is 37.1 Å². The third-order valence-electron chi connectivity index (χ3n) is 3.03. The number of rotatable bonds is 13. The maximum Gasteiger partial charge on any atom is 1.00 e. The van der Waals surface area contributed by atoms with Crippen molar-refractivity contribution < 1.29 is 44.3 Å². The second-order valence-corrected chi connectivity index (χ2v) is 6.12. The molecule has 4 nitrogen and oxygen atoms in total. The number of unbranched alkanes of at least 4 members (excludes halogenated alkanes) is 3. The Morgan fingerprint density at radius 1 is 1.00 bits per heavy atom. The van der Waals surface area contributed by atoms with Crippen molar-refractivity contribution in [3.63, 3.8) is 0 Å². The predicted octanol–water partition coefficient (Wildman–Crippen LogP) is -1.40. The Morgan fingerprint density at radius 2 is 1.67 bits per heavy atom. The average Bonchev–Trinajstić information content (AvgIpc) is 2.39. The van der Waals surface area contributed by atoms with Gasteiger partial charge < -0.3 is 15.2 Å². The van der Waals surface area contributed by atoms with Crippen LogP contribution < -0.4 is 40.0 Å². The van der Waals surface area contributed by atoms with Gasteiger partial charge in [0.15, 0.2) is 0 Å². The van der Waals surface area contributed by atoms with Crippen LogP contribution in [0.5, 0.6) is 0 Å². The molecular formula is C14H26NNaO3S2. The van der Waals surface area contributed by atoms with Gasteiger partial charge in [0.1, 0.15) is 0 Å². The summed E-state index contributed by atoms with van der Waals surface area (Å²) in [6.07, 6.45) is 6.84. The van der Waals surface area contributed by atoms with Gasteiger partial charge in [0.25, 0.3) is 0 Å². The molecule has 0 radical (unpaired) electrons. The molecule has 0 aromatic heterocycles. The van der Waals surface area contributed by atoms with E-state index >= 15 is 0 Å². The SMILES string of the molecule is O=C([O-])CCCCCNC(=O)CCCCC(S)CCS.[Na+]. The van der Waals surface area contributed by atoms with Crippen LogP contribution in [0.2, 0.25) is 0 Å². The first-order chi connectivity index (χ1) is 9.56. The number of carbonyl (C=O) groups excluding carboxylic acids is 2. The molecule has 0 aliphatic carbocycles. The van der Waals surface area contributed by atoms with E-state index in [1.54, 1.807) is 0 Å². The number of hydrogen-bond acceptors (Lipinski definition) is 5. The van der Waals surface area contributed by atoms with Crippen LogP contribution in [0.1, 0.15) is 57.8 Å². The molecule has 0 aromatic carbocycles. The Labute approximate surface area is 161 Å². The molecule has 0 saturated carbocycles. The standard InChI is InChI=1S/C14H27NO3S2.Na/c16-13(7-4-3-6-12(20)9-11-19)15-10-5-1-2-8-14(17)18;/h12,19-20H,1-11H2,(H,15,16)(H,17,18);/q;+1/p-1. The molecule has 0 heterocycles. The minimum atomic E-state index is -1.01. The quantitative estimate of drug-likeness (QED) is 0.219. The van der Waals surface area contributed by atoms with Crippen molar-refractivity contribution in [1.82, 2.24) is 5.32 Å². The van der Waals surface area contributed by atoms with Crippen molar-refractivity contribution in [3.8, 4) is 0 Å². The fraction of sp³-hybridized carbons (Fsp3) is 0.857. The van der Waals surface area contributed by atoms with Gasteiger partial charge in [0, 0.05) is 24.2 Å². The monoisotopic (exact) mass is 343 g/mol. The number of hydrogen-bond donors (Lipinski definition) is 3. The fourth-order valence-corrected chi connectivity index (χ4v) is 2.67. The van der Waals surface area contributed by atoms with Crippen molar-refractivity contribution in [3.05, 3.63) is 0 Å². The summed E-state index contributed by atoms with van der Waals surface area (Å²) < 4.78 is 0. The van der Waals surface area contributed by atoms with Crippen LogP contribution in [0.15, 0.2) is 0 Å². The largest absolute Gasteiger partial charge is 1.00 e. The number of carbonyl (C=O) groups is 2. The van der Waals surface area contributed by atoms with Gasteiger partial charge in [-0.15, -0.1) is 0 Å². The summed E-state index contributed by atoms with van der Waals surface area (Å²) in [6.45, 7) is 0.626. The summed E-state index contributed by atoms with van der Waals surface area (Å²) in [5.41, 5.74) is 0. The molecule has 1 N–H and O–H groups in total. The van der Waals surface area contributed by atoms with E-state index in [1.165, 1.54) is 0 Å². The number of carboxylic acid groups (broad SMARTS) is 1. The first-order valence-corrected chi connectivity index (χ1v) is 8.46. The topological polar surface area (TPSA) is 69.2 Å². The Bertz CT molecular complexity index is 281. The van der Waals surface area contributed by atoms with Gasteiger partial charge in [-0.05, 0) is 44.3 Å². The Hall–Kier alpha value is 0.640. The smallest absolute Gasteiger partial charge is 0.550 e. The van der Waals surface area contributed by atoms with Crippen LogP contribution in [-0.2, 0) is 9.59 Å². The maximum atomic E-state index is 11.5. The van der Waals surface area contributed by atoms with Gasteiger partial charge in [0.2, 0.25) is 5.91 Å². The van der Waals surface area contributed by atoms with Crippen LogP contribution in [-0.4, -0.2) is 29.4 Å². The molecule has 0 rings (SSSR count). The van der Waals surface area contributed by atoms with Crippen molar-refractivity contribution in [2.24, 2.45) is 0 Å². The van der Waals surface area contributed by atoms with E-state index in [-0.39, 0.29) is 41.9 Å². The first-order valence-electron chi connectivity index (χ1n) is 7.31. The van der Waals surface area contributed by atoms with Gasteiger partial charge in [-0.25, -0.2) is 0 Å². The van der Waals surface area contributed by atoms with Gasteiger partial charge in [-0.3, -0.25) is 4.79 Å². The summed E-state index contributed by atoms with van der Waals surface area (Å²) in [5.74, 6) is -0.0729. The molecule has 1 unspecified atom stereocenters. The van der Waals surface area contributed by atoms with E-state index in [4.69, 9.17) is 0 Å². The van der Waals surface area contributed by atoms with E-state index in [0.29, 0.717) is 24.6 Å². The summed E-state index contributed by atoms with van der Waals surface area (Å²) >= 11 is 8.60. The third kappa shape index (κ3) is 18.6. The van der Waals surface area contributed by atoms with Crippen molar-refractivity contribution in [2.45, 2.75) is 63.0 Å². The molecule has 118 valence electrons. The van der Waals surface area contributed by atoms with Crippen LogP contribution >= 0.6 is 25.3 Å². The molecule has 7 heteroatoms. The molecule has 0 aromatic rings. The zero-order valence-electron chi connectivity index (χ0n) is 13.0. The summed E-state index contributed by atoms with van der Waals surface area (Å²) in [6, 6.07) is 0. The predicted molar refractivity (Wildman–Crippen MR) is 86.2 cm³/mol. The van der Waals surface area contributed by atoms with Crippen LogP contribution in [0.3, 0.4) is 0 Å². The Kier molecular flexibility index (Phi) is 19.3. The zero-order valence-corrected chi connectivity index (χ0v) is 16.8. The van der Waals surface area contributed by atoms with Crippen LogP contribution in [0.4, 0.5) is 0 Å². The van der Waals surface area contributed by atoms with E-state index < -0.39 is 5.97 Å². The average molecular weight is 343 g/mol. The van der Waals surface area contributed by atoms with E-state index in [1.807, 2.05) is 0 Å². The molecule has 0 aliphatic heterocycles. The maximum absolute atomic E-state index is 11.5. The molecular weight excluding hydrogens is 317 g/mol. The number of aliphatic carboxylic acids is 1. The molecule has 0 spiro atoms. The molecule has 0 fully saturated rings. The minimum Gasteiger partial charge on any atom is -0.550 e. The molecule has 0 bridgehead atoms. The summed E-state index contributed by atoms with van der Waals surface area (Å²) in [5, 5.41) is 13.4. The number of amides is 1. The van der Waals surface area contributed by atoms with Crippen LogP contribution in [0.25, 0.3) is 0 Å². The number of carboxylic acids is 1. The number of nitrogens with one attached hydrogen (secondary N) is 1. The van der Waals surface area contributed by atoms with Gasteiger partial charge in [-0.2, -0.15) is 25.3 Å². The Balaban J connectivity index is 0. The Morgan fingerprint density at radius 3 is 2.29 bits per heavy atom. The molecule has 0 aliphatic rings. The fourth-order valence-electron chi connectivity index (χ4n) is 1.85. The van der Waals surface area contributed by atoms with Gasteiger partial charge in [0.05, 0.1) is 0 Å². The van der Waals surface area contributed by atoms with Gasteiger partial charge >= 0.3 is 29.6 Å². The van der Waals surface area contributed by atoms with Crippen LogP contribution in [0, 0.1) is 0 Å². The molecule has 21 heavy (non-hydrogen) atoms. The number of thiol groups is 2. The van der Waals surface area contributed by atoms with E-state index in [2.05, 4.69) is 30.6 Å². The minimum absolute atomic E-state index is 0. The molecule has 0 saturated heterocycles. The summed E-state index contributed by atoms with van der Waals surface area (Å²) in [7, 11) is 0. The first kappa shape index (κ1) is 23.9. The molecule has 1 atom stereocenters. The second-order valence-electron chi connectivity index (χ2n) is 4.94. The zero-order chi connectivity index (χ0) is 15.2. The molecule has 1 amide bonds. The second kappa shape index (κ2) is 17.0. The van der Waals surface area contributed by atoms with E-state index in [9.17, 15) is 14.7 Å². The summed E-state index contributed by atoms with van der Waals surface area (Å²) in [4.78, 5) is 21.7. The normalized spacial score (nSPS) is 11.5. The third-order valence-corrected chi connectivity index (χ3v) is 3.81.